The number of imide groups is 1. The molecule has 1 atom stereocenters. The number of rotatable bonds is 6. The number of ether oxygens (including phenoxy) is 1. The van der Waals surface area contributed by atoms with Gasteiger partial charge in [-0.25, -0.2) is 13.6 Å². The van der Waals surface area contributed by atoms with Crippen molar-refractivity contribution in [2.24, 2.45) is 0 Å². The molecule has 0 bridgehead atoms. The Labute approximate surface area is 168 Å². The maximum absolute atomic E-state index is 14.2. The lowest BCUT2D eigenvalue weighted by Crippen LogP contribution is -2.42. The lowest BCUT2D eigenvalue weighted by molar-refractivity contribution is -0.131. The molecule has 0 saturated carbocycles. The monoisotopic (exact) mass is 402 g/mol. The summed E-state index contributed by atoms with van der Waals surface area (Å²) in [5.41, 5.74) is 0.443. The van der Waals surface area contributed by atoms with Gasteiger partial charge in [-0.2, -0.15) is 0 Å². The van der Waals surface area contributed by atoms with Gasteiger partial charge in [0.25, 0.3) is 5.91 Å². The minimum Gasteiger partial charge on any atom is -0.492 e. The molecule has 0 spiro atoms. The Kier molecular flexibility index (Phi) is 5.59. The van der Waals surface area contributed by atoms with Gasteiger partial charge in [0.15, 0.2) is 0 Å². The number of hydrogen-bond acceptors (Lipinski definition) is 3. The summed E-state index contributed by atoms with van der Waals surface area (Å²) in [6, 6.07) is 7.90. The maximum Gasteiger partial charge on any atom is 0.325 e. The smallest absolute Gasteiger partial charge is 0.325 e. The van der Waals surface area contributed by atoms with E-state index in [1.807, 2.05) is 25.1 Å². The number of nitrogens with zero attached hydrogens (tertiary/aromatic N) is 1. The summed E-state index contributed by atoms with van der Waals surface area (Å²) in [6.07, 6.45) is 0. The minimum atomic E-state index is -1.67. The lowest BCUT2D eigenvalue weighted by Gasteiger charge is -2.23. The molecule has 1 aliphatic rings. The molecule has 154 valence electrons. The fraction of sp³-hybridized carbons (Fsp3) is 0.364. The van der Waals surface area contributed by atoms with Crippen molar-refractivity contribution in [2.75, 3.05) is 13.2 Å². The second-order valence-electron chi connectivity index (χ2n) is 7.66. The summed E-state index contributed by atoms with van der Waals surface area (Å²) in [5.74, 6) is -1.07. The SMILES string of the molecule is Cc1cc(OCCN2C(=O)N[C@](C)(c3cc(F)ccc3F)C2=O)ccc1C(C)C. The lowest BCUT2D eigenvalue weighted by atomic mass is 9.91. The van der Waals surface area contributed by atoms with Crippen LogP contribution in [0.5, 0.6) is 5.75 Å². The Morgan fingerprint density at radius 2 is 1.86 bits per heavy atom. The third-order valence-corrected chi connectivity index (χ3v) is 5.19. The molecular formula is C22H24F2N2O3. The Morgan fingerprint density at radius 3 is 2.52 bits per heavy atom. The third kappa shape index (κ3) is 3.95. The number of halogens is 2. The third-order valence-electron chi connectivity index (χ3n) is 5.19. The van der Waals surface area contributed by atoms with Crippen molar-refractivity contribution in [1.29, 1.82) is 0 Å². The normalized spacial score (nSPS) is 19.1. The molecule has 0 aromatic heterocycles. The van der Waals surface area contributed by atoms with Gasteiger partial charge in [0.1, 0.15) is 29.5 Å². The zero-order valence-corrected chi connectivity index (χ0v) is 16.9. The fourth-order valence-corrected chi connectivity index (χ4v) is 3.60. The predicted molar refractivity (Wildman–Crippen MR) is 105 cm³/mol. The van der Waals surface area contributed by atoms with Gasteiger partial charge in [0.05, 0.1) is 6.54 Å². The number of carbonyl (C=O) groups excluding carboxylic acids is 2. The van der Waals surface area contributed by atoms with Crippen molar-refractivity contribution >= 4 is 11.9 Å². The molecule has 1 fully saturated rings. The Bertz CT molecular complexity index is 961. The van der Waals surface area contributed by atoms with E-state index in [2.05, 4.69) is 19.2 Å². The standard InChI is InChI=1S/C22H24F2N2O3/c1-13(2)17-7-6-16(11-14(17)3)29-10-9-26-20(27)22(4,25-21(26)28)18-12-15(23)5-8-19(18)24/h5-8,11-13H,9-10H2,1-4H3,(H,25,28)/t22-/m1/s1. The summed E-state index contributed by atoms with van der Waals surface area (Å²) in [4.78, 5) is 26.1. The highest BCUT2D eigenvalue weighted by atomic mass is 19.1. The van der Waals surface area contributed by atoms with Crippen LogP contribution in [-0.4, -0.2) is 30.0 Å². The quantitative estimate of drug-likeness (QED) is 0.735. The van der Waals surface area contributed by atoms with Gasteiger partial charge in [0, 0.05) is 5.56 Å². The van der Waals surface area contributed by atoms with Gasteiger partial charge in [-0.1, -0.05) is 19.9 Å². The second kappa shape index (κ2) is 7.81. The zero-order valence-electron chi connectivity index (χ0n) is 16.9. The first-order valence-electron chi connectivity index (χ1n) is 9.46. The highest BCUT2D eigenvalue weighted by Crippen LogP contribution is 2.31. The number of carbonyl (C=O) groups is 2. The van der Waals surface area contributed by atoms with Gasteiger partial charge < -0.3 is 10.1 Å². The fourth-order valence-electron chi connectivity index (χ4n) is 3.60. The van der Waals surface area contributed by atoms with Crippen LogP contribution >= 0.6 is 0 Å². The van der Waals surface area contributed by atoms with Crippen LogP contribution in [0.1, 0.15) is 43.4 Å². The van der Waals surface area contributed by atoms with Crippen LogP contribution in [0, 0.1) is 18.6 Å². The van der Waals surface area contributed by atoms with Crippen LogP contribution < -0.4 is 10.1 Å². The Morgan fingerprint density at radius 1 is 1.14 bits per heavy atom. The van der Waals surface area contributed by atoms with Gasteiger partial charge in [-0.3, -0.25) is 9.69 Å². The molecule has 2 aromatic carbocycles. The number of urea groups is 1. The molecule has 5 nitrogen and oxygen atoms in total. The van der Waals surface area contributed by atoms with E-state index >= 15 is 0 Å². The van der Waals surface area contributed by atoms with E-state index < -0.39 is 29.1 Å². The summed E-state index contributed by atoms with van der Waals surface area (Å²) in [7, 11) is 0. The number of nitrogens with one attached hydrogen (secondary N) is 1. The second-order valence-corrected chi connectivity index (χ2v) is 7.66. The molecule has 1 aliphatic heterocycles. The van der Waals surface area contributed by atoms with E-state index in [0.29, 0.717) is 11.7 Å². The minimum absolute atomic E-state index is 0.0117. The molecule has 3 rings (SSSR count). The summed E-state index contributed by atoms with van der Waals surface area (Å²) >= 11 is 0. The summed E-state index contributed by atoms with van der Waals surface area (Å²) in [5, 5.41) is 2.47. The first kappa shape index (κ1) is 20.8. The average molecular weight is 402 g/mol. The largest absolute Gasteiger partial charge is 0.492 e. The van der Waals surface area contributed by atoms with Crippen LogP contribution in [-0.2, 0) is 10.3 Å². The Balaban J connectivity index is 1.69. The molecule has 1 saturated heterocycles. The van der Waals surface area contributed by atoms with E-state index in [4.69, 9.17) is 4.74 Å². The number of benzene rings is 2. The summed E-state index contributed by atoms with van der Waals surface area (Å²) < 4.78 is 33.4. The molecule has 0 unspecified atom stereocenters. The maximum atomic E-state index is 14.2. The molecule has 1 heterocycles. The first-order chi connectivity index (χ1) is 13.6. The van der Waals surface area contributed by atoms with Gasteiger partial charge >= 0.3 is 6.03 Å². The summed E-state index contributed by atoms with van der Waals surface area (Å²) in [6.45, 7) is 7.65. The van der Waals surface area contributed by atoms with E-state index in [1.165, 1.54) is 12.5 Å². The molecule has 3 amide bonds. The van der Waals surface area contributed by atoms with Crippen LogP contribution in [0.25, 0.3) is 0 Å². The Hall–Kier alpha value is -2.96. The molecule has 7 heteroatoms. The van der Waals surface area contributed by atoms with Crippen molar-refractivity contribution in [2.45, 2.75) is 39.2 Å². The van der Waals surface area contributed by atoms with Gasteiger partial charge in [-0.05, 0) is 61.2 Å². The van der Waals surface area contributed by atoms with Crippen LogP contribution in [0.2, 0.25) is 0 Å². The predicted octanol–water partition coefficient (Wildman–Crippen LogP) is 4.24. The number of amides is 3. The van der Waals surface area contributed by atoms with E-state index in [9.17, 15) is 18.4 Å². The highest BCUT2D eigenvalue weighted by molar-refractivity contribution is 6.07. The van der Waals surface area contributed by atoms with E-state index in [0.717, 1.165) is 28.7 Å². The highest BCUT2D eigenvalue weighted by Gasteiger charge is 2.50. The van der Waals surface area contributed by atoms with Gasteiger partial charge in [-0.15, -0.1) is 0 Å². The first-order valence-corrected chi connectivity index (χ1v) is 9.46. The van der Waals surface area contributed by atoms with Crippen molar-refractivity contribution < 1.29 is 23.1 Å². The van der Waals surface area contributed by atoms with Crippen molar-refractivity contribution in [3.05, 3.63) is 64.7 Å². The topological polar surface area (TPSA) is 58.6 Å². The zero-order chi connectivity index (χ0) is 21.3. The number of aryl methyl sites for hydroxylation is 1. The molecule has 29 heavy (non-hydrogen) atoms. The van der Waals surface area contributed by atoms with Gasteiger partial charge in [0.2, 0.25) is 0 Å². The molecule has 1 N–H and O–H groups in total. The van der Waals surface area contributed by atoms with Crippen LogP contribution in [0.4, 0.5) is 13.6 Å². The van der Waals surface area contributed by atoms with Crippen LogP contribution in [0.15, 0.2) is 36.4 Å². The molecule has 0 radical (unpaired) electrons. The van der Waals surface area contributed by atoms with Crippen molar-refractivity contribution in [1.82, 2.24) is 10.2 Å². The van der Waals surface area contributed by atoms with Crippen molar-refractivity contribution in [3.8, 4) is 5.75 Å². The average Bonchev–Trinajstić information content (AvgIpc) is 2.87. The van der Waals surface area contributed by atoms with E-state index in [-0.39, 0.29) is 18.7 Å². The molecule has 0 aliphatic carbocycles. The van der Waals surface area contributed by atoms with Crippen molar-refractivity contribution in [3.63, 3.8) is 0 Å². The van der Waals surface area contributed by atoms with E-state index in [1.54, 1.807) is 0 Å². The number of hydrogen-bond donors (Lipinski definition) is 1. The molecule has 2 aromatic rings. The van der Waals surface area contributed by atoms with Crippen LogP contribution in [0.3, 0.4) is 0 Å². The molecular weight excluding hydrogens is 378 g/mol.